The van der Waals surface area contributed by atoms with Gasteiger partial charge in [0, 0.05) is 22.8 Å². The number of hydrogen-bond acceptors (Lipinski definition) is 5. The van der Waals surface area contributed by atoms with E-state index in [1.807, 2.05) is 0 Å². The lowest BCUT2D eigenvalue weighted by Gasteiger charge is -2.41. The minimum atomic E-state index is -2.11. The SMILES string of the molecule is O=C(NC1(NC(=O)c2ccccc2)C=C(C(=O)c2ccccc2)NN(c2ccccc2)C1=O)c1ccccc1. The standard InChI is InChI=1S/C31H24N4O4/c36-27(22-13-5-1-6-14-22)26-21-31(32-28(37)23-15-7-2-8-16-23,33-29(38)24-17-9-3-10-18-24)30(39)35(34-26)25-19-11-4-12-20-25/h1-21,34H,(H,32,37)(H,33,38). The number of nitrogens with zero attached hydrogens (tertiary/aromatic N) is 1. The Morgan fingerprint density at radius 2 is 1.00 bits per heavy atom. The first kappa shape index (κ1) is 25.2. The van der Waals surface area contributed by atoms with E-state index in [0.29, 0.717) is 11.3 Å². The van der Waals surface area contributed by atoms with Crippen LogP contribution >= 0.6 is 0 Å². The van der Waals surface area contributed by atoms with Crippen molar-refractivity contribution in [3.63, 3.8) is 0 Å². The second kappa shape index (κ2) is 10.9. The van der Waals surface area contributed by atoms with Crippen molar-refractivity contribution in [2.45, 2.75) is 5.66 Å². The van der Waals surface area contributed by atoms with E-state index in [0.717, 1.165) is 5.01 Å². The molecule has 1 aliphatic heterocycles. The summed E-state index contributed by atoms with van der Waals surface area (Å²) < 4.78 is 0. The number of rotatable bonds is 7. The van der Waals surface area contributed by atoms with E-state index < -0.39 is 29.2 Å². The van der Waals surface area contributed by atoms with Gasteiger partial charge >= 0.3 is 0 Å². The number of hydrogen-bond donors (Lipinski definition) is 3. The average molecular weight is 517 g/mol. The molecule has 192 valence electrons. The topological polar surface area (TPSA) is 108 Å². The smallest absolute Gasteiger partial charge is 0.296 e. The third-order valence-corrected chi connectivity index (χ3v) is 6.12. The second-order valence-electron chi connectivity index (χ2n) is 8.79. The summed E-state index contributed by atoms with van der Waals surface area (Å²) in [5, 5.41) is 6.55. The largest absolute Gasteiger partial charge is 0.318 e. The van der Waals surface area contributed by atoms with Gasteiger partial charge < -0.3 is 10.6 Å². The summed E-state index contributed by atoms with van der Waals surface area (Å²) in [4.78, 5) is 54.6. The highest BCUT2D eigenvalue weighted by molar-refractivity contribution is 6.15. The van der Waals surface area contributed by atoms with Gasteiger partial charge in [0.05, 0.1) is 5.69 Å². The van der Waals surface area contributed by atoms with Crippen molar-refractivity contribution >= 4 is 29.2 Å². The molecule has 4 aromatic rings. The molecule has 4 aromatic carbocycles. The maximum Gasteiger partial charge on any atom is 0.296 e. The Labute approximate surface area is 224 Å². The normalized spacial score (nSPS) is 14.0. The molecule has 1 heterocycles. The van der Waals surface area contributed by atoms with Gasteiger partial charge in [-0.25, -0.2) is 5.01 Å². The van der Waals surface area contributed by atoms with Crippen molar-refractivity contribution < 1.29 is 19.2 Å². The van der Waals surface area contributed by atoms with Crippen LogP contribution in [0.1, 0.15) is 31.1 Å². The van der Waals surface area contributed by atoms with Crippen molar-refractivity contribution in [2.75, 3.05) is 5.01 Å². The predicted octanol–water partition coefficient (Wildman–Crippen LogP) is 3.86. The van der Waals surface area contributed by atoms with Gasteiger partial charge in [-0.3, -0.25) is 24.6 Å². The number of nitrogens with one attached hydrogen (secondary N) is 3. The molecule has 0 unspecified atom stereocenters. The van der Waals surface area contributed by atoms with Gasteiger partial charge in [0.25, 0.3) is 17.7 Å². The molecule has 39 heavy (non-hydrogen) atoms. The van der Waals surface area contributed by atoms with E-state index in [1.54, 1.807) is 121 Å². The molecule has 3 amide bonds. The van der Waals surface area contributed by atoms with Crippen LogP contribution in [0.3, 0.4) is 0 Å². The van der Waals surface area contributed by atoms with Gasteiger partial charge in [-0.15, -0.1) is 0 Å². The van der Waals surface area contributed by atoms with Gasteiger partial charge in [0.1, 0.15) is 5.70 Å². The lowest BCUT2D eigenvalue weighted by atomic mass is 9.98. The highest BCUT2D eigenvalue weighted by atomic mass is 16.2. The fourth-order valence-corrected chi connectivity index (χ4v) is 4.17. The Morgan fingerprint density at radius 3 is 1.46 bits per heavy atom. The molecule has 8 nitrogen and oxygen atoms in total. The monoisotopic (exact) mass is 516 g/mol. The average Bonchev–Trinajstić information content (AvgIpc) is 3.00. The van der Waals surface area contributed by atoms with Crippen LogP contribution in [0, 0.1) is 0 Å². The highest BCUT2D eigenvalue weighted by Gasteiger charge is 2.48. The van der Waals surface area contributed by atoms with Crippen LogP contribution < -0.4 is 21.1 Å². The molecular formula is C31H24N4O4. The van der Waals surface area contributed by atoms with E-state index >= 15 is 0 Å². The lowest BCUT2D eigenvalue weighted by molar-refractivity contribution is -0.124. The molecule has 5 rings (SSSR count). The predicted molar refractivity (Wildman–Crippen MR) is 146 cm³/mol. The molecule has 8 heteroatoms. The number of ketones is 1. The van der Waals surface area contributed by atoms with Crippen LogP contribution in [0.15, 0.2) is 133 Å². The van der Waals surface area contributed by atoms with Gasteiger partial charge in [-0.05, 0) is 36.4 Å². The van der Waals surface area contributed by atoms with Crippen LogP contribution in [0.2, 0.25) is 0 Å². The third-order valence-electron chi connectivity index (χ3n) is 6.12. The summed E-state index contributed by atoms with van der Waals surface area (Å²) in [6.07, 6.45) is 1.26. The quantitative estimate of drug-likeness (QED) is 0.255. The number of allylic oxidation sites excluding steroid dienone is 1. The second-order valence-corrected chi connectivity index (χ2v) is 8.79. The zero-order valence-corrected chi connectivity index (χ0v) is 20.7. The maximum atomic E-state index is 14.2. The highest BCUT2D eigenvalue weighted by Crippen LogP contribution is 2.25. The third kappa shape index (κ3) is 5.30. The van der Waals surface area contributed by atoms with Crippen LogP contribution in [0.5, 0.6) is 0 Å². The van der Waals surface area contributed by atoms with E-state index in [9.17, 15) is 19.2 Å². The van der Waals surface area contributed by atoms with Crippen molar-refractivity contribution in [3.05, 3.63) is 150 Å². The zero-order valence-electron chi connectivity index (χ0n) is 20.7. The number of para-hydroxylation sites is 1. The van der Waals surface area contributed by atoms with Crippen LogP contribution in [-0.2, 0) is 4.79 Å². The van der Waals surface area contributed by atoms with E-state index in [1.165, 1.54) is 6.08 Å². The first-order valence-electron chi connectivity index (χ1n) is 12.2. The molecule has 0 atom stereocenters. The first-order valence-corrected chi connectivity index (χ1v) is 12.2. The van der Waals surface area contributed by atoms with Crippen molar-refractivity contribution in [2.24, 2.45) is 0 Å². The Kier molecular flexibility index (Phi) is 7.00. The number of hydrazine groups is 1. The van der Waals surface area contributed by atoms with Crippen LogP contribution in [0.4, 0.5) is 5.69 Å². The minimum Gasteiger partial charge on any atom is -0.318 e. The van der Waals surface area contributed by atoms with Crippen molar-refractivity contribution in [3.8, 4) is 0 Å². The molecule has 0 aliphatic carbocycles. The number of carbonyl (C=O) groups excluding carboxylic acids is 4. The number of Topliss-reactive ketones (excluding diaryl/α,β-unsaturated/α-hetero) is 1. The van der Waals surface area contributed by atoms with Gasteiger partial charge in [-0.2, -0.15) is 0 Å². The molecule has 0 aromatic heterocycles. The van der Waals surface area contributed by atoms with Gasteiger partial charge in [0.15, 0.2) is 0 Å². The van der Waals surface area contributed by atoms with Gasteiger partial charge in [0.2, 0.25) is 11.4 Å². The molecule has 3 N–H and O–H groups in total. The fourth-order valence-electron chi connectivity index (χ4n) is 4.17. The summed E-state index contributed by atoms with van der Waals surface area (Å²) in [7, 11) is 0. The first-order chi connectivity index (χ1) is 19.0. The molecular weight excluding hydrogens is 492 g/mol. The molecule has 1 aliphatic rings. The number of anilines is 1. The number of benzene rings is 4. The van der Waals surface area contributed by atoms with Crippen molar-refractivity contribution in [1.82, 2.24) is 16.1 Å². The molecule has 0 radical (unpaired) electrons. The summed E-state index contributed by atoms with van der Waals surface area (Å²) in [6.45, 7) is 0. The summed E-state index contributed by atoms with van der Waals surface area (Å²) in [5.74, 6) is -2.38. The summed E-state index contributed by atoms with van der Waals surface area (Å²) in [5.41, 5.74) is 2.08. The van der Waals surface area contributed by atoms with Gasteiger partial charge in [-0.1, -0.05) is 84.9 Å². The molecule has 0 saturated carbocycles. The summed E-state index contributed by atoms with van der Waals surface area (Å²) >= 11 is 0. The van der Waals surface area contributed by atoms with E-state index in [-0.39, 0.29) is 16.8 Å². The molecule has 0 spiro atoms. The maximum absolute atomic E-state index is 14.2. The minimum absolute atomic E-state index is 0.00798. The fraction of sp³-hybridized carbons (Fsp3) is 0.0323. The molecule has 0 saturated heterocycles. The Hall–Kier alpha value is -5.50. The van der Waals surface area contributed by atoms with E-state index in [4.69, 9.17) is 0 Å². The Balaban J connectivity index is 1.65. The Morgan fingerprint density at radius 1 is 0.590 bits per heavy atom. The van der Waals surface area contributed by atoms with Crippen LogP contribution in [-0.4, -0.2) is 29.2 Å². The molecule has 0 fully saturated rings. The zero-order chi connectivity index (χ0) is 27.2. The van der Waals surface area contributed by atoms with Crippen molar-refractivity contribution in [1.29, 1.82) is 0 Å². The lowest BCUT2D eigenvalue weighted by Crippen LogP contribution is -2.72. The number of amides is 3. The van der Waals surface area contributed by atoms with E-state index in [2.05, 4.69) is 16.1 Å². The van der Waals surface area contributed by atoms with Crippen LogP contribution in [0.25, 0.3) is 0 Å². The molecule has 0 bridgehead atoms. The number of carbonyl (C=O) groups is 4. The summed E-state index contributed by atoms with van der Waals surface area (Å²) in [6, 6.07) is 33.7. The Bertz CT molecular complexity index is 1490.